The molecule has 1 aromatic carbocycles. The molecule has 7 rings (SSSR count). The van der Waals surface area contributed by atoms with E-state index in [1.54, 1.807) is 13.4 Å². The van der Waals surface area contributed by atoms with E-state index in [0.29, 0.717) is 17.4 Å². The standard InChI is InChI=1S/C30H34ClN7O/c1-19-15-37(18-32-19)27-12-11-26(33-30(27)39-2)28-34-29-23(4-3-13-38(29)35-28)24-14-22(9-10-25(24)31)36(16-20-5-6-20)17-21-7-8-21/h9-12,14-15,18,20-21,23H,3-8,13,16-17H2,1-2H3/t23-/m0/s1. The number of aryl methyl sites for hydroxylation is 2. The van der Waals surface area contributed by atoms with Gasteiger partial charge in [0.1, 0.15) is 17.2 Å². The average Bonchev–Trinajstić information content (AvgIpc) is 3.87. The molecule has 4 aromatic rings. The average molecular weight is 544 g/mol. The van der Waals surface area contributed by atoms with Crippen molar-refractivity contribution in [3.05, 3.63) is 65.0 Å². The quantitative estimate of drug-likeness (QED) is 0.256. The third-order valence-electron chi connectivity index (χ3n) is 8.20. The molecule has 0 saturated heterocycles. The van der Waals surface area contributed by atoms with Gasteiger partial charge in [-0.05, 0) is 93.2 Å². The number of halogens is 1. The lowest BCUT2D eigenvalue weighted by Crippen LogP contribution is -2.28. The van der Waals surface area contributed by atoms with Crippen molar-refractivity contribution < 1.29 is 4.74 Å². The Hall–Kier alpha value is -3.39. The fourth-order valence-corrected chi connectivity index (χ4v) is 5.96. The topological polar surface area (TPSA) is 73.9 Å². The fourth-order valence-electron chi connectivity index (χ4n) is 5.72. The number of hydrogen-bond acceptors (Lipinski definition) is 6. The van der Waals surface area contributed by atoms with Crippen molar-refractivity contribution in [1.29, 1.82) is 0 Å². The van der Waals surface area contributed by atoms with E-state index in [9.17, 15) is 0 Å². The van der Waals surface area contributed by atoms with Gasteiger partial charge in [0.2, 0.25) is 5.88 Å². The molecular formula is C30H34ClN7O. The largest absolute Gasteiger partial charge is 0.479 e. The zero-order chi connectivity index (χ0) is 26.5. The Labute approximate surface area is 234 Å². The summed E-state index contributed by atoms with van der Waals surface area (Å²) >= 11 is 6.87. The molecule has 0 bridgehead atoms. The summed E-state index contributed by atoms with van der Waals surface area (Å²) < 4.78 is 9.59. The van der Waals surface area contributed by atoms with Crippen molar-refractivity contribution in [2.75, 3.05) is 25.1 Å². The Morgan fingerprint density at radius 2 is 1.82 bits per heavy atom. The van der Waals surface area contributed by atoms with Crippen molar-refractivity contribution >= 4 is 17.3 Å². The molecule has 3 aliphatic rings. The van der Waals surface area contributed by atoms with Crippen LogP contribution in [0, 0.1) is 18.8 Å². The van der Waals surface area contributed by atoms with E-state index in [1.807, 2.05) is 34.5 Å². The number of pyridine rings is 1. The third kappa shape index (κ3) is 5.02. The van der Waals surface area contributed by atoms with Gasteiger partial charge in [0, 0.05) is 42.5 Å². The number of methoxy groups -OCH3 is 1. The SMILES string of the molecule is COc1nc(-c2nc3n(n2)CCC[C@H]3c2cc(N(CC3CC3)CC3CC3)ccc2Cl)ccc1-n1cnc(C)c1. The van der Waals surface area contributed by atoms with Gasteiger partial charge in [-0.3, -0.25) is 0 Å². The first-order valence-corrected chi connectivity index (χ1v) is 14.5. The predicted octanol–water partition coefficient (Wildman–Crippen LogP) is 6.05. The molecule has 39 heavy (non-hydrogen) atoms. The summed E-state index contributed by atoms with van der Waals surface area (Å²) in [7, 11) is 1.63. The summed E-state index contributed by atoms with van der Waals surface area (Å²) in [5.74, 6) is 3.87. The summed E-state index contributed by atoms with van der Waals surface area (Å²) in [5.41, 5.74) is 4.90. The number of anilines is 1. The second-order valence-corrected chi connectivity index (χ2v) is 11.8. The Balaban J connectivity index is 1.21. The van der Waals surface area contributed by atoms with Gasteiger partial charge in [-0.15, -0.1) is 5.10 Å². The van der Waals surface area contributed by atoms with Crippen molar-refractivity contribution in [3.63, 3.8) is 0 Å². The van der Waals surface area contributed by atoms with Crippen LogP contribution in [0.2, 0.25) is 5.02 Å². The van der Waals surface area contributed by atoms with Crippen LogP contribution < -0.4 is 9.64 Å². The molecular weight excluding hydrogens is 510 g/mol. The van der Waals surface area contributed by atoms with Crippen molar-refractivity contribution in [2.24, 2.45) is 11.8 Å². The molecule has 0 spiro atoms. The minimum Gasteiger partial charge on any atom is -0.479 e. The maximum atomic E-state index is 6.87. The van der Waals surface area contributed by atoms with Crippen LogP contribution >= 0.6 is 11.6 Å². The van der Waals surface area contributed by atoms with Crippen LogP contribution in [0.15, 0.2) is 42.9 Å². The minimum atomic E-state index is 0.103. The lowest BCUT2D eigenvalue weighted by Gasteiger charge is -2.28. The number of imidazole rings is 1. The number of fused-ring (bicyclic) bond motifs is 1. The lowest BCUT2D eigenvalue weighted by molar-refractivity contribution is 0.396. The number of nitrogens with zero attached hydrogens (tertiary/aromatic N) is 7. The van der Waals surface area contributed by atoms with E-state index in [0.717, 1.165) is 72.1 Å². The van der Waals surface area contributed by atoms with Crippen LogP contribution in [0.5, 0.6) is 5.88 Å². The zero-order valence-electron chi connectivity index (χ0n) is 22.6. The van der Waals surface area contributed by atoms with Gasteiger partial charge >= 0.3 is 0 Å². The molecule has 9 heteroatoms. The molecule has 8 nitrogen and oxygen atoms in total. The molecule has 2 saturated carbocycles. The Bertz CT molecular complexity index is 1490. The summed E-state index contributed by atoms with van der Waals surface area (Å²) in [5, 5.41) is 5.68. The molecule has 4 heterocycles. The molecule has 0 amide bonds. The third-order valence-corrected chi connectivity index (χ3v) is 8.54. The first kappa shape index (κ1) is 24.6. The van der Waals surface area contributed by atoms with Crippen LogP contribution in [-0.4, -0.2) is 49.5 Å². The van der Waals surface area contributed by atoms with Gasteiger partial charge in [0.05, 0.1) is 19.1 Å². The van der Waals surface area contributed by atoms with Crippen LogP contribution in [0.3, 0.4) is 0 Å². The van der Waals surface area contributed by atoms with Crippen molar-refractivity contribution in [2.45, 2.75) is 57.9 Å². The highest BCUT2D eigenvalue weighted by molar-refractivity contribution is 6.31. The first-order chi connectivity index (χ1) is 19.1. The van der Waals surface area contributed by atoms with E-state index in [1.165, 1.54) is 31.4 Å². The zero-order valence-corrected chi connectivity index (χ0v) is 23.3. The van der Waals surface area contributed by atoms with Crippen LogP contribution in [-0.2, 0) is 6.54 Å². The van der Waals surface area contributed by atoms with Gasteiger partial charge in [-0.2, -0.15) is 0 Å². The number of hydrogen-bond donors (Lipinski definition) is 0. The summed E-state index contributed by atoms with van der Waals surface area (Å²) in [6, 6.07) is 10.5. The molecule has 0 unspecified atom stereocenters. The molecule has 1 aliphatic heterocycles. The van der Waals surface area contributed by atoms with E-state index in [2.05, 4.69) is 28.1 Å². The van der Waals surface area contributed by atoms with Gasteiger partial charge in [0.25, 0.3) is 0 Å². The number of ether oxygens (including phenoxy) is 1. The second-order valence-electron chi connectivity index (χ2n) is 11.4. The second kappa shape index (κ2) is 9.97. The van der Waals surface area contributed by atoms with Gasteiger partial charge < -0.3 is 14.2 Å². The summed E-state index contributed by atoms with van der Waals surface area (Å²) in [6.07, 6.45) is 11.2. The highest BCUT2D eigenvalue weighted by Gasteiger charge is 2.32. The molecule has 0 N–H and O–H groups in total. The van der Waals surface area contributed by atoms with E-state index >= 15 is 0 Å². The Morgan fingerprint density at radius 1 is 1.03 bits per heavy atom. The highest BCUT2D eigenvalue weighted by Crippen LogP contribution is 2.41. The molecule has 202 valence electrons. The summed E-state index contributed by atoms with van der Waals surface area (Å²) in [6.45, 7) is 5.12. The lowest BCUT2D eigenvalue weighted by atomic mass is 9.90. The molecule has 2 aliphatic carbocycles. The Morgan fingerprint density at radius 3 is 2.51 bits per heavy atom. The fraction of sp³-hybridized carbons (Fsp3) is 0.467. The van der Waals surface area contributed by atoms with E-state index < -0.39 is 0 Å². The smallest absolute Gasteiger partial charge is 0.238 e. The van der Waals surface area contributed by atoms with Crippen molar-refractivity contribution in [1.82, 2.24) is 29.3 Å². The minimum absolute atomic E-state index is 0.103. The normalized spacial score (nSPS) is 18.7. The van der Waals surface area contributed by atoms with E-state index in [-0.39, 0.29) is 5.92 Å². The molecule has 2 fully saturated rings. The van der Waals surface area contributed by atoms with Crippen molar-refractivity contribution in [3.8, 4) is 23.1 Å². The molecule has 1 atom stereocenters. The Kier molecular flexibility index (Phi) is 6.30. The maximum absolute atomic E-state index is 6.87. The van der Waals surface area contributed by atoms with Crippen LogP contribution in [0.1, 0.15) is 61.5 Å². The maximum Gasteiger partial charge on any atom is 0.238 e. The first-order valence-electron chi connectivity index (χ1n) is 14.1. The number of rotatable bonds is 9. The van der Waals surface area contributed by atoms with E-state index in [4.69, 9.17) is 31.4 Å². The number of aromatic nitrogens is 6. The van der Waals surface area contributed by atoms with Gasteiger partial charge in [0.15, 0.2) is 5.82 Å². The van der Waals surface area contributed by atoms with Gasteiger partial charge in [-0.1, -0.05) is 11.6 Å². The predicted molar refractivity (Wildman–Crippen MR) is 152 cm³/mol. The van der Waals surface area contributed by atoms with Gasteiger partial charge in [-0.25, -0.2) is 19.6 Å². The number of benzene rings is 1. The molecule has 0 radical (unpaired) electrons. The molecule has 3 aromatic heterocycles. The van der Waals surface area contributed by atoms with Crippen LogP contribution in [0.4, 0.5) is 5.69 Å². The van der Waals surface area contributed by atoms with Crippen LogP contribution in [0.25, 0.3) is 17.2 Å². The monoisotopic (exact) mass is 543 g/mol. The highest BCUT2D eigenvalue weighted by atomic mass is 35.5. The summed E-state index contributed by atoms with van der Waals surface area (Å²) in [4.78, 5) is 16.7.